The molecule has 4 heteroatoms. The fraction of sp³-hybridized carbons (Fsp3) is 0.143. The van der Waals surface area contributed by atoms with Crippen LogP contribution in [0.3, 0.4) is 0 Å². The molecule has 4 nitrogen and oxygen atoms in total. The number of hydrogen-bond donors (Lipinski definition) is 1. The quantitative estimate of drug-likeness (QED) is 0.595. The molecule has 0 aromatic carbocycles. The van der Waals surface area contributed by atoms with Crippen LogP contribution < -0.4 is 5.73 Å². The highest BCUT2D eigenvalue weighted by molar-refractivity contribution is 5.63. The zero-order valence-electron chi connectivity index (χ0n) is 6.15. The number of hydrogen-bond acceptors (Lipinski definition) is 3. The predicted molar refractivity (Wildman–Crippen MR) is 42.1 cm³/mol. The molecule has 0 spiro atoms. The highest BCUT2D eigenvalue weighted by atomic mass is 15.2. The summed E-state index contributed by atoms with van der Waals surface area (Å²) < 4.78 is 1.67. The normalized spacial score (nSPS) is 10.6. The van der Waals surface area contributed by atoms with E-state index in [4.69, 9.17) is 5.73 Å². The first-order valence-electron chi connectivity index (χ1n) is 3.34. The first-order chi connectivity index (χ1) is 5.27. The topological polar surface area (TPSA) is 56.2 Å². The summed E-state index contributed by atoms with van der Waals surface area (Å²) in [5, 5.41) is 4.04. The Morgan fingerprint density at radius 2 is 2.36 bits per heavy atom. The van der Waals surface area contributed by atoms with Crippen LogP contribution in [0.25, 0.3) is 5.65 Å². The minimum atomic E-state index is 0.660. The van der Waals surface area contributed by atoms with Crippen molar-refractivity contribution in [1.29, 1.82) is 0 Å². The highest BCUT2D eigenvalue weighted by Gasteiger charge is 1.99. The maximum atomic E-state index is 5.65. The minimum Gasteiger partial charge on any atom is -0.396 e. The number of nitrogen functional groups attached to an aromatic ring is 1. The lowest BCUT2D eigenvalue weighted by Crippen LogP contribution is -1.94. The molecule has 0 saturated heterocycles. The number of aromatic nitrogens is 3. The molecule has 2 N–H and O–H groups in total. The van der Waals surface area contributed by atoms with E-state index < -0.39 is 0 Å². The van der Waals surface area contributed by atoms with Gasteiger partial charge in [-0.1, -0.05) is 0 Å². The third-order valence-corrected chi connectivity index (χ3v) is 1.51. The Morgan fingerprint density at radius 3 is 3.09 bits per heavy atom. The molecule has 2 aromatic rings. The standard InChI is InChI=1S/C7H8N4/c1-5-4-11-7(10-5)6(8)2-3-9-11/h2-4H,8H2,1H3. The van der Waals surface area contributed by atoms with Crippen LogP contribution in [-0.2, 0) is 0 Å². The fourth-order valence-corrected chi connectivity index (χ4v) is 1.03. The average Bonchev–Trinajstić information content (AvgIpc) is 2.31. The van der Waals surface area contributed by atoms with Crippen molar-refractivity contribution in [2.45, 2.75) is 6.92 Å². The van der Waals surface area contributed by atoms with Crippen LogP contribution in [0.1, 0.15) is 5.69 Å². The molecule has 0 amide bonds. The third kappa shape index (κ3) is 0.832. The zero-order chi connectivity index (χ0) is 7.84. The minimum absolute atomic E-state index is 0.660. The van der Waals surface area contributed by atoms with Gasteiger partial charge in [0.05, 0.1) is 23.8 Å². The monoisotopic (exact) mass is 148 g/mol. The Labute approximate surface area is 63.7 Å². The lowest BCUT2D eigenvalue weighted by molar-refractivity contribution is 0.936. The number of rotatable bonds is 0. The van der Waals surface area contributed by atoms with Crippen molar-refractivity contribution in [3.63, 3.8) is 0 Å². The van der Waals surface area contributed by atoms with Crippen LogP contribution in [0.4, 0.5) is 5.69 Å². The second-order valence-corrected chi connectivity index (χ2v) is 2.44. The van der Waals surface area contributed by atoms with E-state index in [0.717, 1.165) is 11.3 Å². The van der Waals surface area contributed by atoms with Crippen molar-refractivity contribution in [1.82, 2.24) is 14.6 Å². The number of nitrogens with zero attached hydrogens (tertiary/aromatic N) is 3. The number of imidazole rings is 1. The number of fused-ring (bicyclic) bond motifs is 1. The lowest BCUT2D eigenvalue weighted by atomic mass is 10.5. The Kier molecular flexibility index (Phi) is 1.09. The molecule has 0 saturated carbocycles. The van der Waals surface area contributed by atoms with Crippen molar-refractivity contribution < 1.29 is 0 Å². The van der Waals surface area contributed by atoms with Crippen molar-refractivity contribution in [2.24, 2.45) is 0 Å². The summed E-state index contributed by atoms with van der Waals surface area (Å²) in [7, 11) is 0. The number of anilines is 1. The molecule has 0 atom stereocenters. The summed E-state index contributed by atoms with van der Waals surface area (Å²) in [6.07, 6.45) is 3.50. The summed E-state index contributed by atoms with van der Waals surface area (Å²) >= 11 is 0. The van der Waals surface area contributed by atoms with E-state index in [-0.39, 0.29) is 0 Å². The van der Waals surface area contributed by atoms with Crippen molar-refractivity contribution in [3.05, 3.63) is 24.2 Å². The van der Waals surface area contributed by atoms with Gasteiger partial charge in [-0.05, 0) is 13.0 Å². The fourth-order valence-electron chi connectivity index (χ4n) is 1.03. The van der Waals surface area contributed by atoms with Gasteiger partial charge in [-0.25, -0.2) is 9.50 Å². The molecule has 2 heterocycles. The van der Waals surface area contributed by atoms with Crippen LogP contribution in [0, 0.1) is 6.92 Å². The van der Waals surface area contributed by atoms with Crippen molar-refractivity contribution in [2.75, 3.05) is 5.73 Å². The molecule has 0 aliphatic rings. The van der Waals surface area contributed by atoms with E-state index in [1.54, 1.807) is 16.8 Å². The first-order valence-corrected chi connectivity index (χ1v) is 3.34. The second kappa shape index (κ2) is 1.95. The molecule has 11 heavy (non-hydrogen) atoms. The highest BCUT2D eigenvalue weighted by Crippen LogP contribution is 2.09. The predicted octanol–water partition coefficient (Wildman–Crippen LogP) is 0.620. The Balaban J connectivity index is 2.90. The van der Waals surface area contributed by atoms with E-state index in [2.05, 4.69) is 10.1 Å². The van der Waals surface area contributed by atoms with E-state index in [1.807, 2.05) is 13.1 Å². The molecule has 0 unspecified atom stereocenters. The Morgan fingerprint density at radius 1 is 1.55 bits per heavy atom. The van der Waals surface area contributed by atoms with Gasteiger partial charge >= 0.3 is 0 Å². The smallest absolute Gasteiger partial charge is 0.176 e. The van der Waals surface area contributed by atoms with E-state index in [0.29, 0.717) is 5.69 Å². The largest absolute Gasteiger partial charge is 0.396 e. The lowest BCUT2D eigenvalue weighted by Gasteiger charge is -1.92. The molecule has 0 aliphatic carbocycles. The van der Waals surface area contributed by atoms with E-state index >= 15 is 0 Å². The maximum Gasteiger partial charge on any atom is 0.176 e. The van der Waals surface area contributed by atoms with Crippen LogP contribution in [0.2, 0.25) is 0 Å². The van der Waals surface area contributed by atoms with Gasteiger partial charge in [0.1, 0.15) is 0 Å². The van der Waals surface area contributed by atoms with E-state index in [9.17, 15) is 0 Å². The molecule has 0 fully saturated rings. The Hall–Kier alpha value is -1.58. The SMILES string of the molecule is Cc1cn2nccc(N)c2n1. The van der Waals surface area contributed by atoms with Gasteiger partial charge in [-0.2, -0.15) is 5.10 Å². The molecule has 2 aromatic heterocycles. The average molecular weight is 148 g/mol. The molecule has 0 bridgehead atoms. The maximum absolute atomic E-state index is 5.65. The van der Waals surface area contributed by atoms with Crippen LogP contribution in [-0.4, -0.2) is 14.6 Å². The van der Waals surface area contributed by atoms with Crippen LogP contribution >= 0.6 is 0 Å². The second-order valence-electron chi connectivity index (χ2n) is 2.44. The van der Waals surface area contributed by atoms with Gasteiger partial charge in [0, 0.05) is 0 Å². The summed E-state index contributed by atoms with van der Waals surface area (Å²) in [4.78, 5) is 4.19. The van der Waals surface area contributed by atoms with Gasteiger partial charge in [-0.3, -0.25) is 0 Å². The van der Waals surface area contributed by atoms with Gasteiger partial charge in [0.25, 0.3) is 0 Å². The van der Waals surface area contributed by atoms with Crippen LogP contribution in [0.15, 0.2) is 18.5 Å². The summed E-state index contributed by atoms with van der Waals surface area (Å²) in [5.41, 5.74) is 7.96. The molecule has 0 radical (unpaired) electrons. The molecule has 0 aliphatic heterocycles. The van der Waals surface area contributed by atoms with Gasteiger partial charge in [0.15, 0.2) is 5.65 Å². The van der Waals surface area contributed by atoms with Gasteiger partial charge < -0.3 is 5.73 Å². The van der Waals surface area contributed by atoms with Crippen molar-refractivity contribution in [3.8, 4) is 0 Å². The van der Waals surface area contributed by atoms with Gasteiger partial charge in [0.2, 0.25) is 0 Å². The summed E-state index contributed by atoms with van der Waals surface area (Å²) in [6.45, 7) is 1.91. The van der Waals surface area contributed by atoms with Crippen molar-refractivity contribution >= 4 is 11.3 Å². The van der Waals surface area contributed by atoms with E-state index in [1.165, 1.54) is 0 Å². The molecule has 56 valence electrons. The summed E-state index contributed by atoms with van der Waals surface area (Å²) in [6, 6.07) is 1.74. The number of nitrogens with two attached hydrogens (primary N) is 1. The van der Waals surface area contributed by atoms with Crippen LogP contribution in [0.5, 0.6) is 0 Å². The van der Waals surface area contributed by atoms with Gasteiger partial charge in [-0.15, -0.1) is 0 Å². The third-order valence-electron chi connectivity index (χ3n) is 1.51. The number of aryl methyl sites for hydroxylation is 1. The summed E-state index contributed by atoms with van der Waals surface area (Å²) in [5.74, 6) is 0. The zero-order valence-corrected chi connectivity index (χ0v) is 6.15. The molecular formula is C7H8N4. The molecular weight excluding hydrogens is 140 g/mol. The Bertz CT molecular complexity index is 390. The molecule has 2 rings (SSSR count). The first kappa shape index (κ1) is 6.15.